The van der Waals surface area contributed by atoms with Crippen molar-refractivity contribution in [3.8, 4) is 0 Å². The third-order valence-corrected chi connectivity index (χ3v) is 2.59. The Balaban J connectivity index is 2.48. The highest BCUT2D eigenvalue weighted by Gasteiger charge is 2.24. The molecule has 0 aromatic rings. The lowest BCUT2D eigenvalue weighted by Gasteiger charge is -2.21. The van der Waals surface area contributed by atoms with E-state index in [1.165, 1.54) is 0 Å². The van der Waals surface area contributed by atoms with Gasteiger partial charge in [0.2, 0.25) is 5.91 Å². The van der Waals surface area contributed by atoms with Gasteiger partial charge in [0.25, 0.3) is 0 Å². The van der Waals surface area contributed by atoms with Crippen LogP contribution in [0.3, 0.4) is 0 Å². The third kappa shape index (κ3) is 3.32. The van der Waals surface area contributed by atoms with Crippen molar-refractivity contribution in [1.29, 1.82) is 0 Å². The monoisotopic (exact) mass is 186 g/mol. The number of hydrogen-bond donors (Lipinski definition) is 2. The van der Waals surface area contributed by atoms with Crippen molar-refractivity contribution in [1.82, 2.24) is 5.32 Å². The predicted octanol–water partition coefficient (Wildman–Crippen LogP) is -0.124. The highest BCUT2D eigenvalue weighted by molar-refractivity contribution is 5.74. The van der Waals surface area contributed by atoms with Crippen LogP contribution in [0.4, 0.5) is 0 Å². The maximum absolute atomic E-state index is 10.8. The summed E-state index contributed by atoms with van der Waals surface area (Å²) in [5, 5.41) is 3.28. The summed E-state index contributed by atoms with van der Waals surface area (Å²) in [6, 6.07) is 0. The number of amides is 1. The normalized spacial score (nSPS) is 29.6. The molecule has 0 saturated carbocycles. The first-order valence-electron chi connectivity index (χ1n) is 4.76. The zero-order valence-electron chi connectivity index (χ0n) is 8.08. The lowest BCUT2D eigenvalue weighted by atomic mass is 9.93. The van der Waals surface area contributed by atoms with Crippen LogP contribution < -0.4 is 11.1 Å². The second kappa shape index (κ2) is 5.19. The van der Waals surface area contributed by atoms with E-state index in [0.717, 1.165) is 25.9 Å². The number of hydrogen-bond acceptors (Lipinski definition) is 3. The molecular formula is C9H18N2O2. The molecule has 0 bridgehead atoms. The number of primary amides is 1. The van der Waals surface area contributed by atoms with Crippen molar-refractivity contribution < 1.29 is 9.53 Å². The third-order valence-electron chi connectivity index (χ3n) is 2.59. The number of carbonyl (C=O) groups is 1. The van der Waals surface area contributed by atoms with E-state index in [2.05, 4.69) is 5.32 Å². The molecule has 76 valence electrons. The maximum atomic E-state index is 10.8. The summed E-state index contributed by atoms with van der Waals surface area (Å²) < 4.78 is 5.34. The number of nitrogens with one attached hydrogen (secondary N) is 1. The molecule has 1 aliphatic rings. The van der Waals surface area contributed by atoms with Gasteiger partial charge in [0.05, 0.1) is 6.10 Å². The molecular weight excluding hydrogens is 168 g/mol. The highest BCUT2D eigenvalue weighted by Crippen LogP contribution is 2.20. The Hall–Kier alpha value is -0.610. The minimum atomic E-state index is -0.228. The molecule has 0 aromatic carbocycles. The Labute approximate surface area is 78.8 Å². The zero-order valence-corrected chi connectivity index (χ0v) is 8.08. The molecule has 1 aliphatic heterocycles. The van der Waals surface area contributed by atoms with Gasteiger partial charge in [0.1, 0.15) is 0 Å². The molecule has 1 rings (SSSR count). The van der Waals surface area contributed by atoms with Gasteiger partial charge in [-0.05, 0) is 31.8 Å². The predicted molar refractivity (Wildman–Crippen MR) is 50.2 cm³/mol. The number of methoxy groups -OCH3 is 1. The summed E-state index contributed by atoms with van der Waals surface area (Å²) in [6.07, 6.45) is 2.57. The van der Waals surface area contributed by atoms with Crippen molar-refractivity contribution in [3.63, 3.8) is 0 Å². The average Bonchev–Trinajstić information content (AvgIpc) is 2.28. The van der Waals surface area contributed by atoms with Crippen molar-refractivity contribution in [3.05, 3.63) is 0 Å². The molecule has 0 aliphatic carbocycles. The van der Waals surface area contributed by atoms with E-state index in [9.17, 15) is 4.79 Å². The molecule has 3 N–H and O–H groups in total. The zero-order chi connectivity index (χ0) is 9.68. The smallest absolute Gasteiger partial charge is 0.217 e. The molecule has 2 atom stereocenters. The fraction of sp³-hybridized carbons (Fsp3) is 0.889. The van der Waals surface area contributed by atoms with Crippen LogP contribution >= 0.6 is 0 Å². The average molecular weight is 186 g/mol. The minimum absolute atomic E-state index is 0.183. The second-order valence-corrected chi connectivity index (χ2v) is 3.53. The summed E-state index contributed by atoms with van der Waals surface area (Å²) in [7, 11) is 1.70. The molecule has 1 amide bonds. The van der Waals surface area contributed by atoms with Crippen LogP contribution in [0.2, 0.25) is 0 Å². The summed E-state index contributed by atoms with van der Waals surface area (Å²) in [5.74, 6) is 0.0615. The van der Waals surface area contributed by atoms with E-state index in [4.69, 9.17) is 10.5 Å². The van der Waals surface area contributed by atoms with E-state index in [1.807, 2.05) is 0 Å². The Morgan fingerprint density at radius 1 is 1.54 bits per heavy atom. The lowest BCUT2D eigenvalue weighted by Crippen LogP contribution is -2.27. The van der Waals surface area contributed by atoms with Crippen molar-refractivity contribution >= 4 is 5.91 Å². The van der Waals surface area contributed by atoms with Crippen molar-refractivity contribution in [2.45, 2.75) is 25.4 Å². The molecule has 13 heavy (non-hydrogen) atoms. The topological polar surface area (TPSA) is 64.3 Å². The van der Waals surface area contributed by atoms with Gasteiger partial charge in [-0.25, -0.2) is 0 Å². The number of rotatable bonds is 3. The molecule has 0 unspecified atom stereocenters. The Kier molecular flexibility index (Phi) is 4.18. The minimum Gasteiger partial charge on any atom is -0.381 e. The first-order valence-corrected chi connectivity index (χ1v) is 4.76. The number of carbonyl (C=O) groups excluding carboxylic acids is 1. The highest BCUT2D eigenvalue weighted by atomic mass is 16.5. The molecule has 4 nitrogen and oxygen atoms in total. The summed E-state index contributed by atoms with van der Waals surface area (Å²) in [4.78, 5) is 10.8. The van der Waals surface area contributed by atoms with Crippen molar-refractivity contribution in [2.75, 3.05) is 20.2 Å². The van der Waals surface area contributed by atoms with Crippen LogP contribution in [0.5, 0.6) is 0 Å². The lowest BCUT2D eigenvalue weighted by molar-refractivity contribution is -0.120. The molecule has 1 saturated heterocycles. The van der Waals surface area contributed by atoms with Gasteiger partial charge in [-0.2, -0.15) is 0 Å². The molecule has 4 heteroatoms. The van der Waals surface area contributed by atoms with Gasteiger partial charge in [-0.1, -0.05) is 0 Å². The van der Waals surface area contributed by atoms with Crippen LogP contribution in [0.25, 0.3) is 0 Å². The standard InChI is InChI=1S/C9H18N2O2/c1-13-8-3-5-11-4-2-7(8)6-9(10)12/h7-8,11H,2-6H2,1H3,(H2,10,12)/t7-,8+/m1/s1. The van der Waals surface area contributed by atoms with Gasteiger partial charge < -0.3 is 15.8 Å². The molecule has 0 aromatic heterocycles. The van der Waals surface area contributed by atoms with E-state index >= 15 is 0 Å². The van der Waals surface area contributed by atoms with Crippen LogP contribution in [-0.4, -0.2) is 32.2 Å². The molecule has 1 fully saturated rings. The van der Waals surface area contributed by atoms with Crippen LogP contribution in [0.1, 0.15) is 19.3 Å². The first-order chi connectivity index (χ1) is 6.24. The summed E-state index contributed by atoms with van der Waals surface area (Å²) in [6.45, 7) is 1.92. The quantitative estimate of drug-likeness (QED) is 0.645. The Bertz CT molecular complexity index is 173. The Morgan fingerprint density at radius 3 is 2.85 bits per heavy atom. The molecule has 1 heterocycles. The van der Waals surface area contributed by atoms with E-state index in [1.54, 1.807) is 7.11 Å². The molecule has 0 radical (unpaired) electrons. The largest absolute Gasteiger partial charge is 0.381 e. The van der Waals surface area contributed by atoms with Gasteiger partial charge in [-0.15, -0.1) is 0 Å². The van der Waals surface area contributed by atoms with E-state index in [-0.39, 0.29) is 17.9 Å². The van der Waals surface area contributed by atoms with Crippen molar-refractivity contribution in [2.24, 2.45) is 11.7 Å². The van der Waals surface area contributed by atoms with E-state index < -0.39 is 0 Å². The van der Waals surface area contributed by atoms with Gasteiger partial charge in [0.15, 0.2) is 0 Å². The van der Waals surface area contributed by atoms with Gasteiger partial charge >= 0.3 is 0 Å². The summed E-state index contributed by atoms with van der Waals surface area (Å²) in [5.41, 5.74) is 5.18. The van der Waals surface area contributed by atoms with Gasteiger partial charge in [-0.3, -0.25) is 4.79 Å². The number of nitrogens with two attached hydrogens (primary N) is 1. The maximum Gasteiger partial charge on any atom is 0.217 e. The summed E-state index contributed by atoms with van der Waals surface area (Å²) >= 11 is 0. The van der Waals surface area contributed by atoms with E-state index in [0.29, 0.717) is 6.42 Å². The Morgan fingerprint density at radius 2 is 2.23 bits per heavy atom. The fourth-order valence-electron chi connectivity index (χ4n) is 1.88. The SMILES string of the molecule is CO[C@H]1CCNCC[C@@H]1CC(N)=O. The second-order valence-electron chi connectivity index (χ2n) is 3.53. The van der Waals surface area contributed by atoms with Crippen LogP contribution in [0, 0.1) is 5.92 Å². The molecule has 0 spiro atoms. The fourth-order valence-corrected chi connectivity index (χ4v) is 1.88. The van der Waals surface area contributed by atoms with Crippen LogP contribution in [-0.2, 0) is 9.53 Å². The first kappa shape index (κ1) is 10.5. The van der Waals surface area contributed by atoms with Gasteiger partial charge in [0, 0.05) is 13.5 Å². The number of ether oxygens (including phenoxy) is 1. The van der Waals surface area contributed by atoms with Crippen LogP contribution in [0.15, 0.2) is 0 Å².